The maximum Gasteiger partial charge on any atom is 0.139 e. The second-order valence-electron chi connectivity index (χ2n) is 12.3. The van der Waals surface area contributed by atoms with Gasteiger partial charge in [-0.1, -0.05) is 53.2 Å². The number of nitrogens with zero attached hydrogens (tertiary/aromatic N) is 2. The SMILES string of the molecule is CCC(=O)[C@@]1(C)[C@H](C)CC2C3C=C(C)C4=Cc5c(cnn5C)CC4(C)[C@@]3(C)C(O)CC21C. The number of rotatable bonds is 2. The number of hydrogen-bond acceptors (Lipinski definition) is 3. The molecule has 5 rings (SSSR count). The van der Waals surface area contributed by atoms with E-state index in [0.717, 1.165) is 12.8 Å². The molecular weight excluding hydrogens is 396 g/mol. The zero-order chi connectivity index (χ0) is 23.4. The van der Waals surface area contributed by atoms with Gasteiger partial charge in [0.25, 0.3) is 0 Å². The second-order valence-corrected chi connectivity index (χ2v) is 12.3. The summed E-state index contributed by atoms with van der Waals surface area (Å²) in [7, 11) is 2.01. The van der Waals surface area contributed by atoms with Crippen LogP contribution in [0.25, 0.3) is 6.08 Å². The summed E-state index contributed by atoms with van der Waals surface area (Å²) in [5, 5.41) is 16.5. The minimum atomic E-state index is -0.459. The van der Waals surface area contributed by atoms with E-state index in [-0.39, 0.29) is 27.6 Å². The molecular formula is C28H40N2O2. The smallest absolute Gasteiger partial charge is 0.139 e. The molecule has 174 valence electrons. The zero-order valence-electron chi connectivity index (χ0n) is 21.1. The Hall–Kier alpha value is -1.68. The number of carbonyl (C=O) groups excluding carboxylic acids is 1. The van der Waals surface area contributed by atoms with Gasteiger partial charge in [-0.05, 0) is 66.6 Å². The highest BCUT2D eigenvalue weighted by Crippen LogP contribution is 2.74. The third-order valence-electron chi connectivity index (χ3n) is 11.5. The van der Waals surface area contributed by atoms with Crippen LogP contribution in [0.4, 0.5) is 0 Å². The molecule has 0 radical (unpaired) electrons. The fourth-order valence-corrected chi connectivity index (χ4v) is 8.95. The quantitative estimate of drug-likeness (QED) is 0.679. The molecule has 0 saturated heterocycles. The fraction of sp³-hybridized carbons (Fsp3) is 0.714. The van der Waals surface area contributed by atoms with Crippen LogP contribution in [0, 0.1) is 39.4 Å². The van der Waals surface area contributed by atoms with E-state index in [9.17, 15) is 9.90 Å². The summed E-state index contributed by atoms with van der Waals surface area (Å²) < 4.78 is 1.97. The summed E-state index contributed by atoms with van der Waals surface area (Å²) in [5.41, 5.74) is 4.15. The molecule has 0 aromatic carbocycles. The third kappa shape index (κ3) is 2.23. The standard InChI is InChI=1S/C28H40N2O2/c1-9-23(31)27(6)17(3)11-20-21-10-16(2)19-12-22-18(15-29-30(22)8)13-25(19,4)28(21,7)24(32)14-26(20,27)5/h10,12,15,17,20-21,24,32H,9,11,13-14H2,1-8H3/t17-,20?,21?,24?,25?,26?,27-,28-/m1/s1. The average molecular weight is 437 g/mol. The zero-order valence-corrected chi connectivity index (χ0v) is 21.1. The number of Topliss-reactive ketones (excluding diaryl/α,β-unsaturated/α-hetero) is 1. The highest BCUT2D eigenvalue weighted by molar-refractivity contribution is 5.86. The number of ketones is 1. The van der Waals surface area contributed by atoms with Crippen LogP contribution in [0.15, 0.2) is 23.4 Å². The Bertz CT molecular complexity index is 1070. The Balaban J connectivity index is 1.70. The van der Waals surface area contributed by atoms with Gasteiger partial charge in [0.1, 0.15) is 5.78 Å². The predicted octanol–water partition coefficient (Wildman–Crippen LogP) is 5.36. The molecule has 1 aromatic rings. The summed E-state index contributed by atoms with van der Waals surface area (Å²) in [4.78, 5) is 13.3. The first-order chi connectivity index (χ1) is 14.9. The molecule has 1 aromatic heterocycles. The van der Waals surface area contributed by atoms with Crippen molar-refractivity contribution in [2.24, 2.45) is 46.5 Å². The van der Waals surface area contributed by atoms with Crippen molar-refractivity contribution < 1.29 is 9.90 Å². The Morgan fingerprint density at radius 3 is 2.62 bits per heavy atom. The molecule has 4 nitrogen and oxygen atoms in total. The topological polar surface area (TPSA) is 55.1 Å². The molecule has 0 bridgehead atoms. The number of aliphatic hydroxyl groups is 1. The van der Waals surface area contributed by atoms with Crippen molar-refractivity contribution in [3.63, 3.8) is 0 Å². The maximum atomic E-state index is 13.3. The van der Waals surface area contributed by atoms with Gasteiger partial charge >= 0.3 is 0 Å². The number of aryl methyl sites for hydroxylation is 1. The lowest BCUT2D eigenvalue weighted by Gasteiger charge is -2.65. The largest absolute Gasteiger partial charge is 0.392 e. The molecule has 8 atom stereocenters. The van der Waals surface area contributed by atoms with Crippen molar-refractivity contribution in [1.29, 1.82) is 0 Å². The number of allylic oxidation sites excluding steroid dienone is 3. The van der Waals surface area contributed by atoms with E-state index >= 15 is 0 Å². The Morgan fingerprint density at radius 2 is 1.97 bits per heavy atom. The Kier molecular flexibility index (Phi) is 4.47. The van der Waals surface area contributed by atoms with E-state index in [4.69, 9.17) is 0 Å². The first-order valence-electron chi connectivity index (χ1n) is 12.5. The van der Waals surface area contributed by atoms with E-state index in [1.165, 1.54) is 22.4 Å². The van der Waals surface area contributed by atoms with Gasteiger partial charge in [-0.25, -0.2) is 0 Å². The predicted molar refractivity (Wildman–Crippen MR) is 128 cm³/mol. The molecule has 5 unspecified atom stereocenters. The molecule has 0 aliphatic heterocycles. The van der Waals surface area contributed by atoms with E-state index in [0.29, 0.717) is 30.5 Å². The summed E-state index contributed by atoms with van der Waals surface area (Å²) >= 11 is 0. The van der Waals surface area contributed by atoms with E-state index in [1.54, 1.807) is 0 Å². The minimum Gasteiger partial charge on any atom is -0.392 e. The summed E-state index contributed by atoms with van der Waals surface area (Å²) in [6, 6.07) is 0. The van der Waals surface area contributed by atoms with E-state index in [1.807, 2.05) is 24.9 Å². The van der Waals surface area contributed by atoms with Crippen molar-refractivity contribution in [2.45, 2.75) is 80.3 Å². The molecule has 1 N–H and O–H groups in total. The van der Waals surface area contributed by atoms with Crippen molar-refractivity contribution in [3.05, 3.63) is 34.7 Å². The molecule has 32 heavy (non-hydrogen) atoms. The van der Waals surface area contributed by atoms with Gasteiger partial charge < -0.3 is 5.11 Å². The van der Waals surface area contributed by atoms with Gasteiger partial charge in [0.05, 0.1) is 18.0 Å². The van der Waals surface area contributed by atoms with Gasteiger partial charge in [-0.3, -0.25) is 9.48 Å². The molecule has 2 fully saturated rings. The van der Waals surface area contributed by atoms with Crippen molar-refractivity contribution in [1.82, 2.24) is 9.78 Å². The van der Waals surface area contributed by atoms with Gasteiger partial charge in [0.2, 0.25) is 0 Å². The lowest BCUT2D eigenvalue weighted by Crippen LogP contribution is -2.64. The minimum absolute atomic E-state index is 0.162. The summed E-state index contributed by atoms with van der Waals surface area (Å²) in [5.74, 6) is 1.35. The van der Waals surface area contributed by atoms with Crippen LogP contribution in [0.5, 0.6) is 0 Å². The van der Waals surface area contributed by atoms with Crippen LogP contribution in [0.3, 0.4) is 0 Å². The normalized spacial score (nSPS) is 47.0. The molecule has 4 heteroatoms. The third-order valence-corrected chi connectivity index (χ3v) is 11.5. The number of hydrogen-bond donors (Lipinski definition) is 1. The van der Waals surface area contributed by atoms with Gasteiger partial charge in [-0.2, -0.15) is 5.10 Å². The first-order valence-corrected chi connectivity index (χ1v) is 12.5. The average Bonchev–Trinajstić information content (AvgIpc) is 3.19. The van der Waals surface area contributed by atoms with Crippen LogP contribution in [-0.4, -0.2) is 26.8 Å². The van der Waals surface area contributed by atoms with Crippen LogP contribution in [-0.2, 0) is 18.3 Å². The number of carbonyl (C=O) groups is 1. The molecule has 1 heterocycles. The monoisotopic (exact) mass is 436 g/mol. The Labute approximate surface area is 193 Å². The lowest BCUT2D eigenvalue weighted by atomic mass is 9.39. The van der Waals surface area contributed by atoms with Crippen LogP contribution < -0.4 is 0 Å². The van der Waals surface area contributed by atoms with Gasteiger partial charge in [0, 0.05) is 29.7 Å². The van der Waals surface area contributed by atoms with Crippen LogP contribution in [0.2, 0.25) is 0 Å². The number of aromatic nitrogens is 2. The van der Waals surface area contributed by atoms with Gasteiger partial charge in [-0.15, -0.1) is 0 Å². The van der Waals surface area contributed by atoms with E-state index in [2.05, 4.69) is 58.8 Å². The van der Waals surface area contributed by atoms with E-state index < -0.39 is 6.10 Å². The summed E-state index contributed by atoms with van der Waals surface area (Å²) in [6.07, 6.45) is 9.57. The Morgan fingerprint density at radius 1 is 1.28 bits per heavy atom. The highest BCUT2D eigenvalue weighted by Gasteiger charge is 2.72. The fourth-order valence-electron chi connectivity index (χ4n) is 8.95. The highest BCUT2D eigenvalue weighted by atomic mass is 16.3. The molecule has 0 spiro atoms. The molecule has 4 aliphatic carbocycles. The molecule has 2 saturated carbocycles. The van der Waals surface area contributed by atoms with Crippen LogP contribution in [0.1, 0.15) is 79.0 Å². The molecule has 0 amide bonds. The second kappa shape index (κ2) is 6.46. The van der Waals surface area contributed by atoms with Crippen LogP contribution >= 0.6 is 0 Å². The maximum absolute atomic E-state index is 13.3. The lowest BCUT2D eigenvalue weighted by molar-refractivity contribution is -0.180. The van der Waals surface area contributed by atoms with Crippen molar-refractivity contribution in [3.8, 4) is 0 Å². The van der Waals surface area contributed by atoms with Crippen molar-refractivity contribution in [2.75, 3.05) is 0 Å². The number of fused-ring (bicyclic) bond motifs is 6. The first kappa shape index (κ1) is 22.1. The molecule has 4 aliphatic rings. The van der Waals surface area contributed by atoms with Crippen molar-refractivity contribution >= 4 is 11.9 Å². The number of aliphatic hydroxyl groups excluding tert-OH is 1. The summed E-state index contributed by atoms with van der Waals surface area (Å²) in [6.45, 7) is 15.7. The van der Waals surface area contributed by atoms with Gasteiger partial charge in [0.15, 0.2) is 0 Å².